The topological polar surface area (TPSA) is 43.8 Å². The quantitative estimate of drug-likeness (QED) is 0.831. The van der Waals surface area contributed by atoms with E-state index in [-0.39, 0.29) is 5.54 Å². The summed E-state index contributed by atoms with van der Waals surface area (Å²) in [4.78, 5) is 0. The van der Waals surface area contributed by atoms with Gasteiger partial charge in [0.25, 0.3) is 0 Å². The van der Waals surface area contributed by atoms with Crippen LogP contribution in [0.25, 0.3) is 0 Å². The minimum absolute atomic E-state index is 0.0993. The van der Waals surface area contributed by atoms with E-state index in [0.29, 0.717) is 0 Å². The first-order valence-corrected chi connectivity index (χ1v) is 7.77. The normalized spacial score (nSPS) is 14.8. The van der Waals surface area contributed by atoms with Crippen molar-refractivity contribution in [3.63, 3.8) is 0 Å². The van der Waals surface area contributed by atoms with Crippen molar-refractivity contribution in [3.05, 3.63) is 15.9 Å². The fourth-order valence-electron chi connectivity index (χ4n) is 2.29. The van der Waals surface area contributed by atoms with Crippen LogP contribution in [0.15, 0.2) is 4.47 Å². The third-order valence-electron chi connectivity index (χ3n) is 3.70. The number of hydrogen-bond donors (Lipinski definition) is 1. The van der Waals surface area contributed by atoms with Crippen LogP contribution in [0.1, 0.15) is 57.8 Å². The number of rotatable bonds is 7. The molecule has 0 saturated carbocycles. The molecule has 1 aromatic heterocycles. The first-order valence-electron chi connectivity index (χ1n) is 6.98. The molecule has 0 bridgehead atoms. The lowest BCUT2D eigenvalue weighted by atomic mass is 9.86. The molecule has 104 valence electrons. The van der Waals surface area contributed by atoms with Gasteiger partial charge >= 0.3 is 0 Å². The van der Waals surface area contributed by atoms with Crippen LogP contribution in [0.5, 0.6) is 0 Å². The summed E-state index contributed by atoms with van der Waals surface area (Å²) in [5.41, 5.74) is 8.76. The van der Waals surface area contributed by atoms with E-state index in [1.807, 2.05) is 6.92 Å². The molecule has 0 radical (unpaired) electrons. The van der Waals surface area contributed by atoms with Crippen molar-refractivity contribution < 1.29 is 0 Å². The van der Waals surface area contributed by atoms with E-state index in [4.69, 9.17) is 5.73 Å². The lowest BCUT2D eigenvalue weighted by molar-refractivity contribution is 0.354. The summed E-state index contributed by atoms with van der Waals surface area (Å²) < 4.78 is 3.20. The molecule has 1 atom stereocenters. The van der Waals surface area contributed by atoms with E-state index in [0.717, 1.165) is 36.0 Å². The molecule has 0 saturated heterocycles. The van der Waals surface area contributed by atoms with Crippen LogP contribution >= 0.6 is 15.9 Å². The van der Waals surface area contributed by atoms with Crippen LogP contribution < -0.4 is 5.73 Å². The molecule has 0 aromatic carbocycles. The van der Waals surface area contributed by atoms with E-state index in [2.05, 4.69) is 46.5 Å². The number of hydrogen-bond acceptors (Lipinski definition) is 2. The average molecular weight is 316 g/mol. The smallest absolute Gasteiger partial charge is 0.0738 e. The molecule has 0 aliphatic heterocycles. The van der Waals surface area contributed by atoms with Gasteiger partial charge in [0, 0.05) is 18.5 Å². The van der Waals surface area contributed by atoms with Crippen LogP contribution in [0.4, 0.5) is 0 Å². The number of nitrogens with zero attached hydrogens (tertiary/aromatic N) is 2. The lowest BCUT2D eigenvalue weighted by Crippen LogP contribution is -2.42. The van der Waals surface area contributed by atoms with Gasteiger partial charge < -0.3 is 5.73 Å². The number of nitrogens with two attached hydrogens (primary N) is 1. The van der Waals surface area contributed by atoms with Crippen molar-refractivity contribution >= 4 is 15.9 Å². The predicted octanol–water partition coefficient (Wildman–Crippen LogP) is 3.81. The van der Waals surface area contributed by atoms with E-state index in [9.17, 15) is 0 Å². The van der Waals surface area contributed by atoms with Crippen molar-refractivity contribution in [2.24, 2.45) is 5.73 Å². The number of aromatic nitrogens is 2. The Morgan fingerprint density at radius 1 is 1.33 bits per heavy atom. The Hall–Kier alpha value is -0.350. The summed E-state index contributed by atoms with van der Waals surface area (Å²) in [7, 11) is 0. The summed E-state index contributed by atoms with van der Waals surface area (Å²) >= 11 is 3.65. The molecule has 0 amide bonds. The van der Waals surface area contributed by atoms with Gasteiger partial charge in [0.05, 0.1) is 15.9 Å². The molecule has 1 unspecified atom stereocenters. The molecular weight excluding hydrogens is 290 g/mol. The van der Waals surface area contributed by atoms with Crippen molar-refractivity contribution in [3.8, 4) is 0 Å². The monoisotopic (exact) mass is 315 g/mol. The second kappa shape index (κ2) is 6.71. The van der Waals surface area contributed by atoms with Crippen LogP contribution in [-0.2, 0) is 13.0 Å². The zero-order chi connectivity index (χ0) is 13.8. The van der Waals surface area contributed by atoms with Crippen molar-refractivity contribution in [2.75, 3.05) is 0 Å². The Bertz CT molecular complexity index is 387. The zero-order valence-corrected chi connectivity index (χ0v) is 13.7. The molecule has 3 nitrogen and oxygen atoms in total. The van der Waals surface area contributed by atoms with Gasteiger partial charge in [-0.3, -0.25) is 4.68 Å². The molecule has 0 aliphatic rings. The van der Waals surface area contributed by atoms with Crippen molar-refractivity contribution in [1.82, 2.24) is 9.78 Å². The van der Waals surface area contributed by atoms with Crippen LogP contribution in [0, 0.1) is 6.92 Å². The molecule has 1 aromatic rings. The van der Waals surface area contributed by atoms with Gasteiger partial charge in [-0.05, 0) is 42.6 Å². The van der Waals surface area contributed by atoms with Crippen molar-refractivity contribution in [2.45, 2.75) is 71.9 Å². The van der Waals surface area contributed by atoms with Gasteiger partial charge in [0.15, 0.2) is 0 Å². The van der Waals surface area contributed by atoms with Gasteiger partial charge in [-0.1, -0.05) is 26.7 Å². The fourth-order valence-corrected chi connectivity index (χ4v) is 2.71. The Morgan fingerprint density at radius 3 is 2.50 bits per heavy atom. The Kier molecular flexibility index (Phi) is 5.86. The maximum absolute atomic E-state index is 6.56. The average Bonchev–Trinajstić information content (AvgIpc) is 2.64. The minimum Gasteiger partial charge on any atom is -0.325 e. The maximum atomic E-state index is 6.56. The molecule has 0 spiro atoms. The van der Waals surface area contributed by atoms with E-state index < -0.39 is 0 Å². The summed E-state index contributed by atoms with van der Waals surface area (Å²) in [5.74, 6) is 0. The van der Waals surface area contributed by atoms with Gasteiger partial charge in [-0.25, -0.2) is 0 Å². The SMILES string of the molecule is CCCCC(N)(CC)Cc1c(Br)c(C)nn1CC. The summed E-state index contributed by atoms with van der Waals surface area (Å²) in [6.45, 7) is 9.46. The second-order valence-corrected chi connectivity index (χ2v) is 5.95. The molecule has 18 heavy (non-hydrogen) atoms. The predicted molar refractivity (Wildman–Crippen MR) is 80.8 cm³/mol. The zero-order valence-electron chi connectivity index (χ0n) is 12.1. The highest BCUT2D eigenvalue weighted by Gasteiger charge is 2.26. The van der Waals surface area contributed by atoms with Crippen LogP contribution in [0.3, 0.4) is 0 Å². The summed E-state index contributed by atoms with van der Waals surface area (Å²) in [5, 5.41) is 4.54. The van der Waals surface area contributed by atoms with Gasteiger partial charge in [-0.2, -0.15) is 5.10 Å². The highest BCUT2D eigenvalue weighted by molar-refractivity contribution is 9.10. The Labute approximate surface area is 119 Å². The third kappa shape index (κ3) is 3.58. The number of halogens is 1. The first kappa shape index (κ1) is 15.7. The summed E-state index contributed by atoms with van der Waals surface area (Å²) in [6.07, 6.45) is 5.39. The Morgan fingerprint density at radius 2 is 2.00 bits per heavy atom. The molecule has 2 N–H and O–H groups in total. The highest BCUT2D eigenvalue weighted by Crippen LogP contribution is 2.28. The number of unbranched alkanes of at least 4 members (excludes halogenated alkanes) is 1. The summed E-state index contributed by atoms with van der Waals surface area (Å²) in [6, 6.07) is 0. The standard InChI is InChI=1S/C14H26BrN3/c1-5-8-9-14(16,6-2)10-12-13(15)11(4)17-18(12)7-3/h5-10,16H2,1-4H3. The molecule has 0 fully saturated rings. The van der Waals surface area contributed by atoms with E-state index in [1.165, 1.54) is 18.5 Å². The lowest BCUT2D eigenvalue weighted by Gasteiger charge is -2.28. The maximum Gasteiger partial charge on any atom is 0.0738 e. The van der Waals surface area contributed by atoms with E-state index >= 15 is 0 Å². The highest BCUT2D eigenvalue weighted by atomic mass is 79.9. The van der Waals surface area contributed by atoms with Crippen molar-refractivity contribution in [1.29, 1.82) is 0 Å². The first-order chi connectivity index (χ1) is 8.47. The number of aryl methyl sites for hydroxylation is 2. The third-order valence-corrected chi connectivity index (χ3v) is 4.74. The molecule has 4 heteroatoms. The van der Waals surface area contributed by atoms with Crippen LogP contribution in [-0.4, -0.2) is 15.3 Å². The molecule has 1 heterocycles. The molecule has 0 aliphatic carbocycles. The minimum atomic E-state index is -0.0993. The van der Waals surface area contributed by atoms with Crippen LogP contribution in [0.2, 0.25) is 0 Å². The van der Waals surface area contributed by atoms with Gasteiger partial charge in [0.2, 0.25) is 0 Å². The second-order valence-electron chi connectivity index (χ2n) is 5.16. The Balaban J connectivity index is 2.93. The van der Waals surface area contributed by atoms with Gasteiger partial charge in [0.1, 0.15) is 0 Å². The van der Waals surface area contributed by atoms with E-state index in [1.54, 1.807) is 0 Å². The molecular formula is C14H26BrN3. The molecule has 1 rings (SSSR count). The van der Waals surface area contributed by atoms with Gasteiger partial charge in [-0.15, -0.1) is 0 Å². The largest absolute Gasteiger partial charge is 0.325 e. The fraction of sp³-hybridized carbons (Fsp3) is 0.786.